The molecule has 1 aliphatic heterocycles. The number of carbonyl (C=O) groups is 2. The molecule has 0 N–H and O–H groups in total. The third-order valence-electron chi connectivity index (χ3n) is 3.13. The van der Waals surface area contributed by atoms with E-state index in [-0.39, 0.29) is 24.2 Å². The van der Waals surface area contributed by atoms with Crippen LogP contribution < -0.4 is 9.64 Å². The van der Waals surface area contributed by atoms with Crippen LogP contribution in [0.4, 0.5) is 5.69 Å². The third-order valence-corrected chi connectivity index (χ3v) is 3.13. The first-order valence-corrected chi connectivity index (χ1v) is 6.26. The van der Waals surface area contributed by atoms with Crippen molar-refractivity contribution in [3.05, 3.63) is 24.3 Å². The van der Waals surface area contributed by atoms with Crippen molar-refractivity contribution >= 4 is 17.6 Å². The fourth-order valence-electron chi connectivity index (χ4n) is 2.14. The Bertz CT molecular complexity index is 469. The van der Waals surface area contributed by atoms with Gasteiger partial charge in [0.1, 0.15) is 5.75 Å². The van der Waals surface area contributed by atoms with Crippen LogP contribution in [0.5, 0.6) is 5.75 Å². The number of amides is 1. The summed E-state index contributed by atoms with van der Waals surface area (Å²) in [6.07, 6.45) is 0.213. The maximum Gasteiger partial charge on any atom is 0.311 e. The molecule has 1 aliphatic rings. The second-order valence-corrected chi connectivity index (χ2v) is 4.36. The molecule has 1 heterocycles. The first kappa shape index (κ1) is 13.4. The average Bonchev–Trinajstić information content (AvgIpc) is 2.81. The van der Waals surface area contributed by atoms with Crippen LogP contribution >= 0.6 is 0 Å². The summed E-state index contributed by atoms with van der Waals surface area (Å²) in [7, 11) is 1.59. The number of carbonyl (C=O) groups excluding carboxylic acids is 2. The predicted molar refractivity (Wildman–Crippen MR) is 70.1 cm³/mol. The van der Waals surface area contributed by atoms with Gasteiger partial charge < -0.3 is 14.4 Å². The number of methoxy groups -OCH3 is 1. The highest BCUT2D eigenvalue weighted by Gasteiger charge is 2.35. The second kappa shape index (κ2) is 5.73. The van der Waals surface area contributed by atoms with Crippen LogP contribution in [-0.4, -0.2) is 32.1 Å². The molecule has 1 aromatic rings. The van der Waals surface area contributed by atoms with Gasteiger partial charge in [-0.25, -0.2) is 0 Å². The Morgan fingerprint density at radius 3 is 2.63 bits per heavy atom. The summed E-state index contributed by atoms with van der Waals surface area (Å²) in [6, 6.07) is 7.20. The molecule has 1 aromatic carbocycles. The number of rotatable bonds is 4. The molecule has 1 saturated heterocycles. The van der Waals surface area contributed by atoms with E-state index in [2.05, 4.69) is 0 Å². The van der Waals surface area contributed by atoms with Crippen LogP contribution in [0.15, 0.2) is 24.3 Å². The van der Waals surface area contributed by atoms with Crippen LogP contribution in [-0.2, 0) is 14.3 Å². The van der Waals surface area contributed by atoms with E-state index in [0.717, 1.165) is 11.4 Å². The zero-order valence-corrected chi connectivity index (χ0v) is 11.1. The van der Waals surface area contributed by atoms with Crippen molar-refractivity contribution in [2.45, 2.75) is 13.3 Å². The van der Waals surface area contributed by atoms with Gasteiger partial charge in [-0.2, -0.15) is 0 Å². The Kier molecular flexibility index (Phi) is 4.04. The van der Waals surface area contributed by atoms with Gasteiger partial charge in [0, 0.05) is 18.7 Å². The highest BCUT2D eigenvalue weighted by atomic mass is 16.5. The summed E-state index contributed by atoms with van der Waals surface area (Å²) >= 11 is 0. The Balaban J connectivity index is 2.08. The predicted octanol–water partition coefficient (Wildman–Crippen LogP) is 1.61. The number of ether oxygens (including phenoxy) is 2. The molecule has 1 unspecified atom stereocenters. The molecule has 0 radical (unpaired) electrons. The molecule has 1 atom stereocenters. The van der Waals surface area contributed by atoms with Crippen LogP contribution in [0.2, 0.25) is 0 Å². The molecule has 102 valence electrons. The molecule has 1 fully saturated rings. The SMILES string of the molecule is CCOC(=O)C1CC(=O)N(c2ccc(OC)cc2)C1. The number of esters is 1. The lowest BCUT2D eigenvalue weighted by Gasteiger charge is -2.16. The molecule has 5 nitrogen and oxygen atoms in total. The normalized spacial score (nSPS) is 18.5. The Labute approximate surface area is 112 Å². The fraction of sp³-hybridized carbons (Fsp3) is 0.429. The van der Waals surface area contributed by atoms with Crippen molar-refractivity contribution < 1.29 is 19.1 Å². The largest absolute Gasteiger partial charge is 0.497 e. The van der Waals surface area contributed by atoms with Gasteiger partial charge in [-0.3, -0.25) is 9.59 Å². The summed E-state index contributed by atoms with van der Waals surface area (Å²) in [5, 5.41) is 0. The molecule has 19 heavy (non-hydrogen) atoms. The first-order chi connectivity index (χ1) is 9.15. The molecule has 0 aromatic heterocycles. The van der Waals surface area contributed by atoms with E-state index >= 15 is 0 Å². The number of anilines is 1. The third kappa shape index (κ3) is 2.86. The monoisotopic (exact) mass is 263 g/mol. The lowest BCUT2D eigenvalue weighted by molar-refractivity contribution is -0.147. The van der Waals surface area contributed by atoms with Crippen molar-refractivity contribution in [1.29, 1.82) is 0 Å². The zero-order valence-electron chi connectivity index (χ0n) is 11.1. The molecule has 0 aliphatic carbocycles. The number of nitrogens with zero attached hydrogens (tertiary/aromatic N) is 1. The number of hydrogen-bond acceptors (Lipinski definition) is 4. The molecular weight excluding hydrogens is 246 g/mol. The Morgan fingerprint density at radius 2 is 2.05 bits per heavy atom. The van der Waals surface area contributed by atoms with Gasteiger partial charge in [0.2, 0.25) is 5.91 Å². The highest BCUT2D eigenvalue weighted by molar-refractivity contribution is 5.99. The second-order valence-electron chi connectivity index (χ2n) is 4.36. The molecule has 0 saturated carbocycles. The van der Waals surface area contributed by atoms with E-state index in [9.17, 15) is 9.59 Å². The van der Waals surface area contributed by atoms with Crippen molar-refractivity contribution in [2.24, 2.45) is 5.92 Å². The Morgan fingerprint density at radius 1 is 1.37 bits per heavy atom. The number of hydrogen-bond donors (Lipinski definition) is 0. The lowest BCUT2D eigenvalue weighted by atomic mass is 10.1. The summed E-state index contributed by atoms with van der Waals surface area (Å²) in [4.78, 5) is 25.2. The van der Waals surface area contributed by atoms with Gasteiger partial charge in [0.05, 0.1) is 19.6 Å². The number of benzene rings is 1. The van der Waals surface area contributed by atoms with E-state index in [1.165, 1.54) is 0 Å². The standard InChI is InChI=1S/C14H17NO4/c1-3-19-14(17)10-8-13(16)15(9-10)11-4-6-12(18-2)7-5-11/h4-7,10H,3,8-9H2,1-2H3. The minimum Gasteiger partial charge on any atom is -0.497 e. The summed E-state index contributed by atoms with van der Waals surface area (Å²) < 4.78 is 10.0. The van der Waals surface area contributed by atoms with Crippen LogP contribution in [0, 0.1) is 5.92 Å². The van der Waals surface area contributed by atoms with E-state index in [1.807, 2.05) is 12.1 Å². The summed E-state index contributed by atoms with van der Waals surface area (Å²) in [5.41, 5.74) is 0.776. The van der Waals surface area contributed by atoms with Crippen LogP contribution in [0.1, 0.15) is 13.3 Å². The van der Waals surface area contributed by atoms with Crippen LogP contribution in [0.3, 0.4) is 0 Å². The first-order valence-electron chi connectivity index (χ1n) is 6.26. The van der Waals surface area contributed by atoms with E-state index < -0.39 is 0 Å². The van der Waals surface area contributed by atoms with Gasteiger partial charge >= 0.3 is 5.97 Å². The van der Waals surface area contributed by atoms with Gasteiger partial charge in [0.25, 0.3) is 0 Å². The lowest BCUT2D eigenvalue weighted by Crippen LogP contribution is -2.26. The van der Waals surface area contributed by atoms with Crippen LogP contribution in [0.25, 0.3) is 0 Å². The molecular formula is C14H17NO4. The van der Waals surface area contributed by atoms with E-state index in [4.69, 9.17) is 9.47 Å². The maximum atomic E-state index is 11.9. The minimum absolute atomic E-state index is 0.0526. The summed E-state index contributed by atoms with van der Waals surface area (Å²) in [5.74, 6) is 0.0157. The topological polar surface area (TPSA) is 55.8 Å². The van der Waals surface area contributed by atoms with Crippen molar-refractivity contribution in [2.75, 3.05) is 25.2 Å². The van der Waals surface area contributed by atoms with Crippen molar-refractivity contribution in [1.82, 2.24) is 0 Å². The highest BCUT2D eigenvalue weighted by Crippen LogP contribution is 2.27. The van der Waals surface area contributed by atoms with Crippen molar-refractivity contribution in [3.8, 4) is 5.75 Å². The smallest absolute Gasteiger partial charge is 0.311 e. The molecule has 0 spiro atoms. The maximum absolute atomic E-state index is 11.9. The summed E-state index contributed by atoms with van der Waals surface area (Å²) in [6.45, 7) is 2.48. The fourth-order valence-corrected chi connectivity index (χ4v) is 2.14. The Hall–Kier alpha value is -2.04. The molecule has 5 heteroatoms. The van der Waals surface area contributed by atoms with E-state index in [1.54, 1.807) is 31.1 Å². The quantitative estimate of drug-likeness (QED) is 0.774. The van der Waals surface area contributed by atoms with Gasteiger partial charge in [-0.15, -0.1) is 0 Å². The van der Waals surface area contributed by atoms with Gasteiger partial charge in [-0.1, -0.05) is 0 Å². The van der Waals surface area contributed by atoms with Gasteiger partial charge in [-0.05, 0) is 31.2 Å². The molecule has 1 amide bonds. The molecule has 0 bridgehead atoms. The minimum atomic E-state index is -0.366. The van der Waals surface area contributed by atoms with E-state index in [0.29, 0.717) is 13.2 Å². The van der Waals surface area contributed by atoms with Crippen molar-refractivity contribution in [3.63, 3.8) is 0 Å². The zero-order chi connectivity index (χ0) is 13.8. The molecule has 2 rings (SSSR count). The average molecular weight is 263 g/mol. The van der Waals surface area contributed by atoms with Gasteiger partial charge in [0.15, 0.2) is 0 Å².